The van der Waals surface area contributed by atoms with Gasteiger partial charge in [-0.25, -0.2) is 0 Å². The number of rotatable bonds is 7. The molecule has 0 aliphatic carbocycles. The Bertz CT molecular complexity index is 213. The lowest BCUT2D eigenvalue weighted by molar-refractivity contribution is -0.0186. The van der Waals surface area contributed by atoms with Crippen LogP contribution in [0.4, 0.5) is 0 Å². The molecule has 0 amide bonds. The number of hydrogen-bond acceptors (Lipinski definition) is 3. The largest absolute Gasteiger partial charge is 0.376 e. The zero-order chi connectivity index (χ0) is 13.4. The first kappa shape index (κ1) is 15.9. The zero-order valence-corrected chi connectivity index (χ0v) is 12.8. The van der Waals surface area contributed by atoms with E-state index in [-0.39, 0.29) is 5.54 Å². The van der Waals surface area contributed by atoms with Crippen LogP contribution in [0.5, 0.6) is 0 Å². The third-order valence-electron chi connectivity index (χ3n) is 3.38. The van der Waals surface area contributed by atoms with Crippen molar-refractivity contribution in [3.63, 3.8) is 0 Å². The summed E-state index contributed by atoms with van der Waals surface area (Å²) < 4.78 is 5.55. The maximum Gasteiger partial charge on any atom is 0.0674 e. The second kappa shape index (κ2) is 8.13. The Morgan fingerprint density at radius 3 is 2.56 bits per heavy atom. The summed E-state index contributed by atoms with van der Waals surface area (Å²) >= 11 is 0. The predicted molar refractivity (Wildman–Crippen MR) is 78.1 cm³/mol. The Balaban J connectivity index is 1.89. The summed E-state index contributed by atoms with van der Waals surface area (Å²) in [7, 11) is 0. The highest BCUT2D eigenvalue weighted by Crippen LogP contribution is 2.07. The van der Waals surface area contributed by atoms with Gasteiger partial charge in [-0.2, -0.15) is 0 Å². The van der Waals surface area contributed by atoms with Crippen LogP contribution in [0.1, 0.15) is 53.4 Å². The van der Waals surface area contributed by atoms with E-state index in [9.17, 15) is 0 Å². The van der Waals surface area contributed by atoms with Crippen molar-refractivity contribution < 1.29 is 4.74 Å². The third-order valence-corrected chi connectivity index (χ3v) is 3.38. The highest BCUT2D eigenvalue weighted by atomic mass is 16.5. The number of hydrogen-bond donors (Lipinski definition) is 1. The van der Waals surface area contributed by atoms with Crippen LogP contribution in [0, 0.1) is 0 Å². The average molecular weight is 256 g/mol. The normalized spacial score (nSPS) is 22.3. The Hall–Kier alpha value is -0.120. The topological polar surface area (TPSA) is 24.5 Å². The van der Waals surface area contributed by atoms with E-state index in [0.717, 1.165) is 26.2 Å². The SMILES string of the molecule is CC1CN(CCCCCCNC(C)(C)C)CCO1. The minimum atomic E-state index is 0.268. The summed E-state index contributed by atoms with van der Waals surface area (Å²) in [5.41, 5.74) is 0.268. The van der Waals surface area contributed by atoms with Gasteiger partial charge >= 0.3 is 0 Å². The van der Waals surface area contributed by atoms with E-state index in [1.54, 1.807) is 0 Å². The predicted octanol–water partition coefficient (Wildman–Crippen LogP) is 2.66. The Labute approximate surface area is 113 Å². The van der Waals surface area contributed by atoms with E-state index < -0.39 is 0 Å². The molecule has 18 heavy (non-hydrogen) atoms. The number of unbranched alkanes of at least 4 members (excludes halogenated alkanes) is 3. The highest BCUT2D eigenvalue weighted by molar-refractivity contribution is 4.70. The lowest BCUT2D eigenvalue weighted by Crippen LogP contribution is -2.41. The van der Waals surface area contributed by atoms with Crippen LogP contribution in [0.3, 0.4) is 0 Å². The molecule has 3 heteroatoms. The first-order valence-electron chi connectivity index (χ1n) is 7.56. The summed E-state index contributed by atoms with van der Waals surface area (Å²) in [6.45, 7) is 14.4. The van der Waals surface area contributed by atoms with E-state index in [1.165, 1.54) is 32.2 Å². The van der Waals surface area contributed by atoms with Crippen LogP contribution in [-0.2, 0) is 4.74 Å². The van der Waals surface area contributed by atoms with Gasteiger partial charge in [-0.3, -0.25) is 4.90 Å². The van der Waals surface area contributed by atoms with Crippen LogP contribution in [0.2, 0.25) is 0 Å². The van der Waals surface area contributed by atoms with Gasteiger partial charge in [-0.15, -0.1) is 0 Å². The molecule has 1 unspecified atom stereocenters. The lowest BCUT2D eigenvalue weighted by atomic mass is 10.1. The molecule has 1 aliphatic heterocycles. The van der Waals surface area contributed by atoms with Crippen LogP contribution < -0.4 is 5.32 Å². The van der Waals surface area contributed by atoms with E-state index in [2.05, 4.69) is 37.9 Å². The number of nitrogens with one attached hydrogen (secondary N) is 1. The molecule has 1 N–H and O–H groups in total. The minimum Gasteiger partial charge on any atom is -0.376 e. The van der Waals surface area contributed by atoms with Crippen molar-refractivity contribution in [1.82, 2.24) is 10.2 Å². The summed E-state index contributed by atoms with van der Waals surface area (Å²) in [5.74, 6) is 0. The van der Waals surface area contributed by atoms with Gasteiger partial charge in [0.25, 0.3) is 0 Å². The van der Waals surface area contributed by atoms with E-state index in [0.29, 0.717) is 6.10 Å². The second-order valence-electron chi connectivity index (χ2n) is 6.57. The van der Waals surface area contributed by atoms with Crippen molar-refractivity contribution in [2.24, 2.45) is 0 Å². The molecule has 0 aromatic carbocycles. The van der Waals surface area contributed by atoms with Crippen LogP contribution in [-0.4, -0.2) is 49.3 Å². The van der Waals surface area contributed by atoms with Gasteiger partial charge in [0.2, 0.25) is 0 Å². The maximum atomic E-state index is 5.55. The molecule has 0 aromatic heterocycles. The summed E-state index contributed by atoms with van der Waals surface area (Å²) in [6.07, 6.45) is 5.77. The fourth-order valence-electron chi connectivity index (χ4n) is 2.37. The average Bonchev–Trinajstić information content (AvgIpc) is 2.26. The van der Waals surface area contributed by atoms with Crippen molar-refractivity contribution in [3.8, 4) is 0 Å². The smallest absolute Gasteiger partial charge is 0.0674 e. The maximum absolute atomic E-state index is 5.55. The molecular weight excluding hydrogens is 224 g/mol. The number of ether oxygens (including phenoxy) is 1. The van der Waals surface area contributed by atoms with Gasteiger partial charge in [0, 0.05) is 18.6 Å². The van der Waals surface area contributed by atoms with Gasteiger partial charge in [0.1, 0.15) is 0 Å². The molecule has 3 nitrogen and oxygen atoms in total. The van der Waals surface area contributed by atoms with Gasteiger partial charge in [0.15, 0.2) is 0 Å². The Morgan fingerprint density at radius 1 is 1.17 bits per heavy atom. The second-order valence-corrected chi connectivity index (χ2v) is 6.57. The van der Waals surface area contributed by atoms with E-state index in [4.69, 9.17) is 4.74 Å². The van der Waals surface area contributed by atoms with Crippen LogP contribution >= 0.6 is 0 Å². The van der Waals surface area contributed by atoms with Gasteiger partial charge in [0.05, 0.1) is 12.7 Å². The van der Waals surface area contributed by atoms with Crippen LogP contribution in [0.15, 0.2) is 0 Å². The monoisotopic (exact) mass is 256 g/mol. The van der Waals surface area contributed by atoms with Crippen molar-refractivity contribution >= 4 is 0 Å². The molecule has 0 spiro atoms. The molecule has 1 saturated heterocycles. The quantitative estimate of drug-likeness (QED) is 0.709. The number of nitrogens with zero attached hydrogens (tertiary/aromatic N) is 1. The van der Waals surface area contributed by atoms with Gasteiger partial charge in [-0.05, 0) is 53.6 Å². The fourth-order valence-corrected chi connectivity index (χ4v) is 2.37. The molecule has 108 valence electrons. The molecule has 0 radical (unpaired) electrons. The molecular formula is C15H32N2O. The first-order chi connectivity index (χ1) is 8.47. The molecule has 0 saturated carbocycles. The van der Waals surface area contributed by atoms with Crippen molar-refractivity contribution in [1.29, 1.82) is 0 Å². The molecule has 1 fully saturated rings. The lowest BCUT2D eigenvalue weighted by Gasteiger charge is -2.31. The summed E-state index contributed by atoms with van der Waals surface area (Å²) in [4.78, 5) is 2.54. The molecule has 1 aliphatic rings. The van der Waals surface area contributed by atoms with Crippen molar-refractivity contribution in [2.45, 2.75) is 65.0 Å². The summed E-state index contributed by atoms with van der Waals surface area (Å²) in [6, 6.07) is 0. The molecule has 1 atom stereocenters. The molecule has 1 rings (SSSR count). The van der Waals surface area contributed by atoms with Gasteiger partial charge < -0.3 is 10.1 Å². The third kappa shape index (κ3) is 8.06. The Morgan fingerprint density at radius 2 is 1.89 bits per heavy atom. The molecule has 1 heterocycles. The van der Waals surface area contributed by atoms with E-state index >= 15 is 0 Å². The minimum absolute atomic E-state index is 0.268. The highest BCUT2D eigenvalue weighted by Gasteiger charge is 2.15. The summed E-state index contributed by atoms with van der Waals surface area (Å²) in [5, 5.41) is 3.54. The van der Waals surface area contributed by atoms with Crippen molar-refractivity contribution in [3.05, 3.63) is 0 Å². The standard InChI is InChI=1S/C15H32N2O/c1-14-13-17(11-12-18-14)10-8-6-5-7-9-16-15(2,3)4/h14,16H,5-13H2,1-4H3. The van der Waals surface area contributed by atoms with Crippen LogP contribution in [0.25, 0.3) is 0 Å². The van der Waals surface area contributed by atoms with Crippen molar-refractivity contribution in [2.75, 3.05) is 32.8 Å². The molecule has 0 aromatic rings. The van der Waals surface area contributed by atoms with Gasteiger partial charge in [-0.1, -0.05) is 12.8 Å². The Kier molecular flexibility index (Phi) is 7.20. The number of morpholine rings is 1. The van der Waals surface area contributed by atoms with E-state index in [1.807, 2.05) is 0 Å². The molecule has 0 bridgehead atoms. The fraction of sp³-hybridized carbons (Fsp3) is 1.00. The first-order valence-corrected chi connectivity index (χ1v) is 7.56. The zero-order valence-electron chi connectivity index (χ0n) is 12.8.